The molecule has 6 nitrogen and oxygen atoms in total. The molecule has 0 saturated heterocycles. The van der Waals surface area contributed by atoms with Crippen LogP contribution in [-0.4, -0.2) is 27.3 Å². The maximum atomic E-state index is 11.1. The minimum absolute atomic E-state index is 0.309. The number of hydrogen-bond donors (Lipinski definition) is 2. The number of carboxylic acid groups (broad SMARTS) is 1. The van der Waals surface area contributed by atoms with Crippen molar-refractivity contribution in [2.75, 3.05) is 0 Å². The van der Waals surface area contributed by atoms with E-state index >= 15 is 0 Å². The number of carboxylic acids is 1. The van der Waals surface area contributed by atoms with E-state index in [4.69, 9.17) is 9.63 Å². The number of nitrogens with zero attached hydrogens (tertiary/aromatic N) is 2. The summed E-state index contributed by atoms with van der Waals surface area (Å²) in [6.07, 6.45) is 2.83. The normalized spacial score (nSPS) is 17.1. The van der Waals surface area contributed by atoms with E-state index < -0.39 is 12.0 Å². The van der Waals surface area contributed by atoms with Gasteiger partial charge in [-0.25, -0.2) is 0 Å². The fourth-order valence-corrected chi connectivity index (χ4v) is 1.80. The maximum Gasteiger partial charge on any atom is 0.320 e. The van der Waals surface area contributed by atoms with Crippen molar-refractivity contribution < 1.29 is 14.4 Å². The molecule has 1 aliphatic rings. The van der Waals surface area contributed by atoms with Gasteiger partial charge in [0.25, 0.3) is 0 Å². The van der Waals surface area contributed by atoms with Gasteiger partial charge in [0.2, 0.25) is 5.89 Å². The van der Waals surface area contributed by atoms with Gasteiger partial charge in [0.05, 0.1) is 6.54 Å². The zero-order valence-electron chi connectivity index (χ0n) is 10.7. The van der Waals surface area contributed by atoms with Crippen LogP contribution in [0.5, 0.6) is 0 Å². The molecule has 1 saturated carbocycles. The zero-order chi connectivity index (χ0) is 13.1. The highest BCUT2D eigenvalue weighted by Crippen LogP contribution is 2.38. The van der Waals surface area contributed by atoms with Crippen molar-refractivity contribution in [1.82, 2.24) is 15.5 Å². The van der Waals surface area contributed by atoms with Gasteiger partial charge in [-0.2, -0.15) is 4.98 Å². The highest BCUT2D eigenvalue weighted by molar-refractivity contribution is 5.73. The first-order valence-electron chi connectivity index (χ1n) is 6.35. The average Bonchev–Trinajstić information content (AvgIpc) is 3.04. The van der Waals surface area contributed by atoms with Crippen molar-refractivity contribution in [3.05, 3.63) is 11.7 Å². The maximum absolute atomic E-state index is 11.1. The van der Waals surface area contributed by atoms with Crippen molar-refractivity contribution >= 4 is 5.97 Å². The largest absolute Gasteiger partial charge is 0.480 e. The fraction of sp³-hybridized carbons (Fsp3) is 0.750. The lowest BCUT2D eigenvalue weighted by atomic mass is 10.0. The Hall–Kier alpha value is -1.43. The van der Waals surface area contributed by atoms with Gasteiger partial charge in [0.1, 0.15) is 6.04 Å². The Kier molecular flexibility index (Phi) is 3.96. The molecule has 0 spiro atoms. The molecule has 0 radical (unpaired) electrons. The van der Waals surface area contributed by atoms with E-state index in [2.05, 4.69) is 15.5 Å². The molecule has 1 aromatic heterocycles. The highest BCUT2D eigenvalue weighted by Gasteiger charge is 2.29. The summed E-state index contributed by atoms with van der Waals surface area (Å²) < 4.78 is 5.08. The van der Waals surface area contributed by atoms with Crippen LogP contribution in [0, 0.1) is 5.92 Å². The Morgan fingerprint density at radius 3 is 2.83 bits per heavy atom. The first-order chi connectivity index (χ1) is 8.56. The van der Waals surface area contributed by atoms with Crippen LogP contribution in [0.4, 0.5) is 0 Å². The molecule has 0 bridgehead atoms. The van der Waals surface area contributed by atoms with Crippen LogP contribution >= 0.6 is 0 Å². The van der Waals surface area contributed by atoms with Crippen molar-refractivity contribution in [2.24, 2.45) is 5.92 Å². The first-order valence-corrected chi connectivity index (χ1v) is 6.35. The van der Waals surface area contributed by atoms with E-state index in [0.717, 1.165) is 18.7 Å². The summed E-state index contributed by atoms with van der Waals surface area (Å²) in [5.74, 6) is 1.15. The molecule has 100 valence electrons. The van der Waals surface area contributed by atoms with Crippen LogP contribution in [-0.2, 0) is 11.3 Å². The molecule has 2 N–H and O–H groups in total. The van der Waals surface area contributed by atoms with Gasteiger partial charge in [0, 0.05) is 5.92 Å². The number of carbonyl (C=O) groups is 1. The molecule has 0 amide bonds. The Bertz CT molecular complexity index is 412. The molecule has 1 aromatic rings. The van der Waals surface area contributed by atoms with Gasteiger partial charge >= 0.3 is 5.97 Å². The third-order valence-electron chi connectivity index (χ3n) is 2.93. The lowest BCUT2D eigenvalue weighted by molar-refractivity contribution is -0.140. The molecule has 0 aliphatic heterocycles. The molecule has 0 aromatic carbocycles. The lowest BCUT2D eigenvalue weighted by Gasteiger charge is -2.14. The Balaban J connectivity index is 1.85. The Morgan fingerprint density at radius 1 is 1.56 bits per heavy atom. The van der Waals surface area contributed by atoms with Crippen molar-refractivity contribution in [1.29, 1.82) is 0 Å². The molecule has 1 heterocycles. The van der Waals surface area contributed by atoms with Crippen LogP contribution in [0.2, 0.25) is 0 Å². The number of rotatable bonds is 7. The third-order valence-corrected chi connectivity index (χ3v) is 2.93. The van der Waals surface area contributed by atoms with E-state index in [1.807, 2.05) is 13.8 Å². The number of aromatic nitrogens is 2. The Labute approximate surface area is 106 Å². The fourth-order valence-electron chi connectivity index (χ4n) is 1.80. The standard InChI is InChI=1S/C12H19N3O3/c1-7(2)5-9(12(16)17)13-6-10-14-11(15-18-10)8-3-4-8/h7-9,13H,3-6H2,1-2H3,(H,16,17). The summed E-state index contributed by atoms with van der Waals surface area (Å²) in [5.41, 5.74) is 0. The number of nitrogens with one attached hydrogen (secondary N) is 1. The predicted molar refractivity (Wildman–Crippen MR) is 64.0 cm³/mol. The van der Waals surface area contributed by atoms with E-state index in [1.54, 1.807) is 0 Å². The second-order valence-corrected chi connectivity index (χ2v) is 5.22. The second kappa shape index (κ2) is 5.48. The smallest absolute Gasteiger partial charge is 0.320 e. The molecule has 1 unspecified atom stereocenters. The SMILES string of the molecule is CC(C)CC(NCc1nc(C2CC2)no1)C(=O)O. The van der Waals surface area contributed by atoms with E-state index in [1.165, 1.54) is 0 Å². The molecule has 18 heavy (non-hydrogen) atoms. The van der Waals surface area contributed by atoms with Gasteiger partial charge in [-0.1, -0.05) is 19.0 Å². The van der Waals surface area contributed by atoms with E-state index in [0.29, 0.717) is 30.7 Å². The molecule has 1 fully saturated rings. The number of aliphatic carboxylic acids is 1. The van der Waals surface area contributed by atoms with Crippen LogP contribution < -0.4 is 5.32 Å². The third kappa shape index (κ3) is 3.53. The molecule has 1 atom stereocenters. The topological polar surface area (TPSA) is 88.3 Å². The van der Waals surface area contributed by atoms with Crippen LogP contribution in [0.25, 0.3) is 0 Å². The lowest BCUT2D eigenvalue weighted by Crippen LogP contribution is -2.37. The highest BCUT2D eigenvalue weighted by atomic mass is 16.5. The Morgan fingerprint density at radius 2 is 2.28 bits per heavy atom. The van der Waals surface area contributed by atoms with Crippen molar-refractivity contribution in [3.63, 3.8) is 0 Å². The summed E-state index contributed by atoms with van der Waals surface area (Å²) in [7, 11) is 0. The van der Waals surface area contributed by atoms with Gasteiger partial charge < -0.3 is 9.63 Å². The summed E-state index contributed by atoms with van der Waals surface area (Å²) in [6.45, 7) is 4.30. The summed E-state index contributed by atoms with van der Waals surface area (Å²) in [5, 5.41) is 15.9. The van der Waals surface area contributed by atoms with Gasteiger partial charge in [-0.3, -0.25) is 10.1 Å². The van der Waals surface area contributed by atoms with E-state index in [9.17, 15) is 4.79 Å². The first kappa shape index (κ1) is 13.0. The minimum Gasteiger partial charge on any atom is -0.480 e. The summed E-state index contributed by atoms with van der Waals surface area (Å²) in [6, 6.07) is -0.568. The average molecular weight is 253 g/mol. The van der Waals surface area contributed by atoms with E-state index in [-0.39, 0.29) is 0 Å². The predicted octanol–water partition coefficient (Wildman–Crippen LogP) is 1.54. The monoisotopic (exact) mass is 253 g/mol. The second-order valence-electron chi connectivity index (χ2n) is 5.22. The quantitative estimate of drug-likeness (QED) is 0.766. The number of hydrogen-bond acceptors (Lipinski definition) is 5. The van der Waals surface area contributed by atoms with Crippen LogP contribution in [0.3, 0.4) is 0 Å². The van der Waals surface area contributed by atoms with Crippen molar-refractivity contribution in [3.8, 4) is 0 Å². The molecule has 2 rings (SSSR count). The van der Waals surface area contributed by atoms with Gasteiger partial charge in [0.15, 0.2) is 5.82 Å². The minimum atomic E-state index is -0.842. The summed E-state index contributed by atoms with van der Waals surface area (Å²) >= 11 is 0. The van der Waals surface area contributed by atoms with Crippen molar-refractivity contribution in [2.45, 2.75) is 51.6 Å². The summed E-state index contributed by atoms with van der Waals surface area (Å²) in [4.78, 5) is 15.3. The van der Waals surface area contributed by atoms with Gasteiger partial charge in [-0.05, 0) is 25.2 Å². The molecule has 1 aliphatic carbocycles. The molecular formula is C12H19N3O3. The zero-order valence-corrected chi connectivity index (χ0v) is 10.7. The van der Waals surface area contributed by atoms with Gasteiger partial charge in [-0.15, -0.1) is 0 Å². The molecule has 6 heteroatoms. The molecular weight excluding hydrogens is 234 g/mol. The van der Waals surface area contributed by atoms with Crippen LogP contribution in [0.1, 0.15) is 50.7 Å². The van der Waals surface area contributed by atoms with Crippen LogP contribution in [0.15, 0.2) is 4.52 Å².